The average molecular weight is 278 g/mol. The predicted molar refractivity (Wildman–Crippen MR) is 76.5 cm³/mol. The molecule has 0 bridgehead atoms. The number of carbonyl (C=O) groups excluding carboxylic acids is 1. The number of rotatable bonds is 5. The van der Waals surface area contributed by atoms with Gasteiger partial charge in [0.15, 0.2) is 0 Å². The van der Waals surface area contributed by atoms with E-state index < -0.39 is 6.10 Å². The summed E-state index contributed by atoms with van der Waals surface area (Å²) in [4.78, 5) is 11.9. The van der Waals surface area contributed by atoms with E-state index in [4.69, 9.17) is 4.74 Å². The standard InChI is InChI=1S/C15H22N2O3/c1-10(2)20-13-5-3-11(4-6-13)8-17-15(19)14-7-12(18)9-16-14/h3-6,10,12,14,16,18H,7-9H2,1-2H3,(H,17,19)/t12-,14-/m1/s1. The number of β-amino-alcohol motifs (C(OH)–C–C–N with tert-alkyl or cyclic N) is 1. The quantitative estimate of drug-likeness (QED) is 0.745. The van der Waals surface area contributed by atoms with Gasteiger partial charge in [-0.25, -0.2) is 0 Å². The molecule has 0 saturated carbocycles. The number of hydrogen-bond acceptors (Lipinski definition) is 4. The highest BCUT2D eigenvalue weighted by atomic mass is 16.5. The Hall–Kier alpha value is -1.59. The Labute approximate surface area is 119 Å². The Morgan fingerprint density at radius 3 is 2.70 bits per heavy atom. The monoisotopic (exact) mass is 278 g/mol. The van der Waals surface area contributed by atoms with E-state index in [0.29, 0.717) is 19.5 Å². The van der Waals surface area contributed by atoms with Crippen LogP contribution in [0.2, 0.25) is 0 Å². The van der Waals surface area contributed by atoms with Crippen molar-refractivity contribution in [2.24, 2.45) is 0 Å². The highest BCUT2D eigenvalue weighted by molar-refractivity contribution is 5.82. The van der Waals surface area contributed by atoms with Crippen molar-refractivity contribution in [1.82, 2.24) is 10.6 Å². The molecule has 20 heavy (non-hydrogen) atoms. The molecule has 1 saturated heterocycles. The molecule has 0 aliphatic carbocycles. The van der Waals surface area contributed by atoms with Crippen molar-refractivity contribution >= 4 is 5.91 Å². The number of aliphatic hydroxyl groups is 1. The Bertz CT molecular complexity index is 445. The lowest BCUT2D eigenvalue weighted by Gasteiger charge is -2.12. The Morgan fingerprint density at radius 1 is 1.45 bits per heavy atom. The van der Waals surface area contributed by atoms with Crippen LogP contribution in [0.3, 0.4) is 0 Å². The van der Waals surface area contributed by atoms with Crippen molar-refractivity contribution in [2.45, 2.75) is 45.1 Å². The third kappa shape index (κ3) is 4.21. The number of amides is 1. The normalized spacial score (nSPS) is 22.0. The number of nitrogens with one attached hydrogen (secondary N) is 2. The first-order chi connectivity index (χ1) is 9.54. The van der Waals surface area contributed by atoms with Crippen LogP contribution in [-0.2, 0) is 11.3 Å². The first kappa shape index (κ1) is 14.8. The molecule has 2 rings (SSSR count). The third-order valence-corrected chi connectivity index (χ3v) is 3.19. The highest BCUT2D eigenvalue weighted by Gasteiger charge is 2.27. The van der Waals surface area contributed by atoms with Crippen molar-refractivity contribution in [1.29, 1.82) is 0 Å². The van der Waals surface area contributed by atoms with Crippen LogP contribution in [-0.4, -0.2) is 35.8 Å². The summed E-state index contributed by atoms with van der Waals surface area (Å²) < 4.78 is 5.56. The van der Waals surface area contributed by atoms with Crippen LogP contribution < -0.4 is 15.4 Å². The molecular formula is C15H22N2O3. The molecule has 0 spiro atoms. The van der Waals surface area contributed by atoms with Crippen LogP contribution in [0.1, 0.15) is 25.8 Å². The van der Waals surface area contributed by atoms with Crippen molar-refractivity contribution in [2.75, 3.05) is 6.54 Å². The highest BCUT2D eigenvalue weighted by Crippen LogP contribution is 2.14. The predicted octanol–water partition coefficient (Wildman–Crippen LogP) is 0.813. The molecule has 2 atom stereocenters. The van der Waals surface area contributed by atoms with Crippen LogP contribution in [0, 0.1) is 0 Å². The molecular weight excluding hydrogens is 256 g/mol. The van der Waals surface area contributed by atoms with Gasteiger partial charge in [0.2, 0.25) is 5.91 Å². The van der Waals surface area contributed by atoms with Gasteiger partial charge in [-0.3, -0.25) is 4.79 Å². The topological polar surface area (TPSA) is 70.6 Å². The molecule has 0 unspecified atom stereocenters. The number of ether oxygens (including phenoxy) is 1. The summed E-state index contributed by atoms with van der Waals surface area (Å²) in [5, 5.41) is 15.2. The molecule has 1 heterocycles. The fourth-order valence-corrected chi connectivity index (χ4v) is 2.19. The van der Waals surface area contributed by atoms with E-state index in [1.165, 1.54) is 0 Å². The Kier molecular flexibility index (Phi) is 4.98. The number of aliphatic hydroxyl groups excluding tert-OH is 1. The lowest BCUT2D eigenvalue weighted by atomic mass is 10.1. The molecule has 1 aromatic carbocycles. The van der Waals surface area contributed by atoms with E-state index in [2.05, 4.69) is 10.6 Å². The second-order valence-electron chi connectivity index (χ2n) is 5.38. The third-order valence-electron chi connectivity index (χ3n) is 3.19. The van der Waals surface area contributed by atoms with E-state index in [1.54, 1.807) is 0 Å². The van der Waals surface area contributed by atoms with E-state index in [1.807, 2.05) is 38.1 Å². The van der Waals surface area contributed by atoms with Gasteiger partial charge in [-0.05, 0) is 38.0 Å². The Balaban J connectivity index is 1.80. The maximum atomic E-state index is 11.9. The molecule has 110 valence electrons. The van der Waals surface area contributed by atoms with Gasteiger partial charge in [0.25, 0.3) is 0 Å². The van der Waals surface area contributed by atoms with Gasteiger partial charge in [-0.15, -0.1) is 0 Å². The second kappa shape index (κ2) is 6.72. The molecule has 0 radical (unpaired) electrons. The summed E-state index contributed by atoms with van der Waals surface area (Å²) >= 11 is 0. The Morgan fingerprint density at radius 2 is 2.15 bits per heavy atom. The zero-order chi connectivity index (χ0) is 14.5. The maximum Gasteiger partial charge on any atom is 0.237 e. The minimum atomic E-state index is -0.418. The van der Waals surface area contributed by atoms with Gasteiger partial charge >= 0.3 is 0 Å². The summed E-state index contributed by atoms with van der Waals surface area (Å²) in [6, 6.07) is 7.40. The van der Waals surface area contributed by atoms with Gasteiger partial charge in [0, 0.05) is 13.1 Å². The number of benzene rings is 1. The van der Waals surface area contributed by atoms with Gasteiger partial charge in [-0.1, -0.05) is 12.1 Å². The largest absolute Gasteiger partial charge is 0.491 e. The van der Waals surface area contributed by atoms with Gasteiger partial charge in [0.05, 0.1) is 18.2 Å². The number of carbonyl (C=O) groups is 1. The van der Waals surface area contributed by atoms with Crippen LogP contribution in [0.15, 0.2) is 24.3 Å². The average Bonchev–Trinajstić information content (AvgIpc) is 2.84. The smallest absolute Gasteiger partial charge is 0.237 e. The summed E-state index contributed by atoms with van der Waals surface area (Å²) in [6.07, 6.45) is 0.214. The van der Waals surface area contributed by atoms with E-state index in [0.717, 1.165) is 11.3 Å². The number of hydrogen-bond donors (Lipinski definition) is 3. The van der Waals surface area contributed by atoms with E-state index in [-0.39, 0.29) is 18.1 Å². The van der Waals surface area contributed by atoms with Gasteiger partial charge in [-0.2, -0.15) is 0 Å². The van der Waals surface area contributed by atoms with Crippen molar-refractivity contribution < 1.29 is 14.6 Å². The van der Waals surface area contributed by atoms with E-state index >= 15 is 0 Å². The molecule has 1 aromatic rings. The minimum absolute atomic E-state index is 0.0657. The summed E-state index contributed by atoms with van der Waals surface area (Å²) in [6.45, 7) is 4.93. The molecule has 3 N–H and O–H groups in total. The van der Waals surface area contributed by atoms with Crippen LogP contribution >= 0.6 is 0 Å². The fourth-order valence-electron chi connectivity index (χ4n) is 2.19. The molecule has 5 nitrogen and oxygen atoms in total. The van der Waals surface area contributed by atoms with Crippen LogP contribution in [0.25, 0.3) is 0 Å². The first-order valence-electron chi connectivity index (χ1n) is 6.99. The first-order valence-corrected chi connectivity index (χ1v) is 6.99. The van der Waals surface area contributed by atoms with Crippen molar-refractivity contribution in [3.63, 3.8) is 0 Å². The van der Waals surface area contributed by atoms with Crippen molar-refractivity contribution in [3.05, 3.63) is 29.8 Å². The molecule has 0 aromatic heterocycles. The van der Waals surface area contributed by atoms with Crippen LogP contribution in [0.4, 0.5) is 0 Å². The lowest BCUT2D eigenvalue weighted by Crippen LogP contribution is -2.39. The van der Waals surface area contributed by atoms with Crippen LogP contribution in [0.5, 0.6) is 5.75 Å². The minimum Gasteiger partial charge on any atom is -0.491 e. The summed E-state index contributed by atoms with van der Waals surface area (Å²) in [5.74, 6) is 0.764. The zero-order valence-electron chi connectivity index (χ0n) is 11.9. The second-order valence-corrected chi connectivity index (χ2v) is 5.38. The fraction of sp³-hybridized carbons (Fsp3) is 0.533. The molecule has 5 heteroatoms. The SMILES string of the molecule is CC(C)Oc1ccc(CNC(=O)[C@H]2C[C@@H](O)CN2)cc1. The van der Waals surface area contributed by atoms with Gasteiger partial charge in [0.1, 0.15) is 5.75 Å². The molecule has 1 aliphatic heterocycles. The van der Waals surface area contributed by atoms with Gasteiger partial charge < -0.3 is 20.5 Å². The van der Waals surface area contributed by atoms with E-state index in [9.17, 15) is 9.90 Å². The maximum absolute atomic E-state index is 11.9. The molecule has 1 amide bonds. The zero-order valence-corrected chi connectivity index (χ0v) is 11.9. The van der Waals surface area contributed by atoms with Crippen molar-refractivity contribution in [3.8, 4) is 5.75 Å². The molecule has 1 fully saturated rings. The lowest BCUT2D eigenvalue weighted by molar-refractivity contribution is -0.123. The summed E-state index contributed by atoms with van der Waals surface area (Å²) in [5.41, 5.74) is 1.02. The summed E-state index contributed by atoms with van der Waals surface area (Å²) in [7, 11) is 0. The molecule has 1 aliphatic rings.